The summed E-state index contributed by atoms with van der Waals surface area (Å²) in [5.41, 5.74) is 0.656. The van der Waals surface area contributed by atoms with E-state index in [-0.39, 0.29) is 12.1 Å². The Bertz CT molecular complexity index is 476. The lowest BCUT2D eigenvalue weighted by atomic mass is 9.77. The van der Waals surface area contributed by atoms with Gasteiger partial charge in [0.1, 0.15) is 5.60 Å². The van der Waals surface area contributed by atoms with E-state index in [4.69, 9.17) is 4.74 Å². The number of hydrogen-bond donors (Lipinski definition) is 0. The van der Waals surface area contributed by atoms with Crippen LogP contribution in [0, 0.1) is 0 Å². The normalized spacial score (nSPS) is 22.1. The number of nitrogens with zero attached hydrogens (tertiary/aromatic N) is 2. The SMILES string of the molecule is CN(C(=O)OC(C)(C)C)C1CC(c2ccc(Br)cn2)C1. The van der Waals surface area contributed by atoms with Gasteiger partial charge in [-0.25, -0.2) is 4.79 Å². The third-order valence-corrected chi connectivity index (χ3v) is 3.98. The summed E-state index contributed by atoms with van der Waals surface area (Å²) in [7, 11) is 1.81. The van der Waals surface area contributed by atoms with E-state index in [9.17, 15) is 4.79 Å². The second kappa shape index (κ2) is 5.72. The highest BCUT2D eigenvalue weighted by Crippen LogP contribution is 2.39. The van der Waals surface area contributed by atoms with Gasteiger partial charge in [0.25, 0.3) is 0 Å². The summed E-state index contributed by atoms with van der Waals surface area (Å²) in [5.74, 6) is 0.443. The summed E-state index contributed by atoms with van der Waals surface area (Å²) < 4.78 is 6.37. The van der Waals surface area contributed by atoms with E-state index < -0.39 is 5.60 Å². The molecular weight excluding hydrogens is 320 g/mol. The lowest BCUT2D eigenvalue weighted by Gasteiger charge is -2.41. The lowest BCUT2D eigenvalue weighted by Crippen LogP contribution is -2.46. The van der Waals surface area contributed by atoms with E-state index >= 15 is 0 Å². The van der Waals surface area contributed by atoms with Crippen LogP contribution in [0.4, 0.5) is 4.79 Å². The number of hydrogen-bond acceptors (Lipinski definition) is 3. The van der Waals surface area contributed by atoms with E-state index in [1.807, 2.05) is 46.1 Å². The Morgan fingerprint density at radius 2 is 2.05 bits per heavy atom. The number of rotatable bonds is 2. The van der Waals surface area contributed by atoms with Crippen molar-refractivity contribution in [2.45, 2.75) is 51.2 Å². The third kappa shape index (κ3) is 3.72. The zero-order valence-electron chi connectivity index (χ0n) is 12.4. The highest BCUT2D eigenvalue weighted by molar-refractivity contribution is 9.10. The maximum atomic E-state index is 12.0. The molecule has 110 valence electrons. The Kier molecular flexibility index (Phi) is 4.37. The van der Waals surface area contributed by atoms with Crippen LogP contribution in [-0.2, 0) is 4.74 Å². The molecule has 0 spiro atoms. The maximum Gasteiger partial charge on any atom is 0.410 e. The van der Waals surface area contributed by atoms with Crippen LogP contribution in [0.25, 0.3) is 0 Å². The molecule has 0 atom stereocenters. The number of halogens is 1. The summed E-state index contributed by atoms with van der Waals surface area (Å²) in [6, 6.07) is 4.30. The first-order chi connectivity index (χ1) is 9.26. The van der Waals surface area contributed by atoms with E-state index in [2.05, 4.69) is 20.9 Å². The maximum absolute atomic E-state index is 12.0. The smallest absolute Gasteiger partial charge is 0.410 e. The Hall–Kier alpha value is -1.10. The van der Waals surface area contributed by atoms with Crippen molar-refractivity contribution in [3.63, 3.8) is 0 Å². The third-order valence-electron chi connectivity index (χ3n) is 3.51. The standard InChI is InChI=1S/C15H21BrN2O2/c1-15(2,3)20-14(19)18(4)12-7-10(8-12)13-6-5-11(16)9-17-13/h5-6,9-10,12H,7-8H2,1-4H3. The molecule has 0 radical (unpaired) electrons. The summed E-state index contributed by atoms with van der Waals surface area (Å²) in [6.07, 6.45) is 3.47. The van der Waals surface area contributed by atoms with Gasteiger partial charge in [-0.3, -0.25) is 4.98 Å². The number of pyridine rings is 1. The zero-order valence-corrected chi connectivity index (χ0v) is 14.0. The zero-order chi connectivity index (χ0) is 14.9. The van der Waals surface area contributed by atoms with E-state index in [0.29, 0.717) is 5.92 Å². The van der Waals surface area contributed by atoms with Crippen LogP contribution >= 0.6 is 15.9 Å². The summed E-state index contributed by atoms with van der Waals surface area (Å²) >= 11 is 3.38. The van der Waals surface area contributed by atoms with E-state index in [0.717, 1.165) is 23.0 Å². The Balaban J connectivity index is 1.86. The molecule has 2 rings (SSSR count). The van der Waals surface area contributed by atoms with Crippen LogP contribution in [0.2, 0.25) is 0 Å². The van der Waals surface area contributed by atoms with Crippen molar-refractivity contribution in [2.24, 2.45) is 0 Å². The molecule has 1 saturated carbocycles. The lowest BCUT2D eigenvalue weighted by molar-refractivity contribution is 0.0117. The number of amides is 1. The van der Waals surface area contributed by atoms with Gasteiger partial charge in [-0.2, -0.15) is 0 Å². The van der Waals surface area contributed by atoms with E-state index in [1.54, 1.807) is 4.90 Å². The molecule has 1 aliphatic carbocycles. The fraction of sp³-hybridized carbons (Fsp3) is 0.600. The summed E-state index contributed by atoms with van der Waals surface area (Å²) in [4.78, 5) is 18.1. The quantitative estimate of drug-likeness (QED) is 0.818. The molecule has 0 bridgehead atoms. The molecule has 1 aromatic rings. The Morgan fingerprint density at radius 1 is 1.40 bits per heavy atom. The number of carbonyl (C=O) groups is 1. The molecule has 1 amide bonds. The molecular formula is C15H21BrN2O2. The number of aromatic nitrogens is 1. The minimum absolute atomic E-state index is 0.246. The van der Waals surface area contributed by atoms with Crippen LogP contribution in [0.5, 0.6) is 0 Å². The molecule has 0 saturated heterocycles. The molecule has 4 nitrogen and oxygen atoms in total. The molecule has 1 aromatic heterocycles. The van der Waals surface area contributed by atoms with Gasteiger partial charge in [-0.15, -0.1) is 0 Å². The molecule has 5 heteroatoms. The van der Waals surface area contributed by atoms with Gasteiger partial charge in [-0.1, -0.05) is 0 Å². The largest absolute Gasteiger partial charge is 0.444 e. The highest BCUT2D eigenvalue weighted by Gasteiger charge is 2.37. The van der Waals surface area contributed by atoms with Crippen molar-refractivity contribution in [1.82, 2.24) is 9.88 Å². The first-order valence-corrected chi connectivity index (χ1v) is 7.63. The Labute approximate surface area is 128 Å². The molecule has 0 N–H and O–H groups in total. The molecule has 0 unspecified atom stereocenters. The minimum atomic E-state index is -0.443. The van der Waals surface area contributed by atoms with Crippen molar-refractivity contribution in [3.05, 3.63) is 28.5 Å². The summed E-state index contributed by atoms with van der Waals surface area (Å²) in [5, 5.41) is 0. The molecule has 20 heavy (non-hydrogen) atoms. The van der Waals surface area contributed by atoms with Crippen molar-refractivity contribution < 1.29 is 9.53 Å². The van der Waals surface area contributed by atoms with Crippen molar-refractivity contribution >= 4 is 22.0 Å². The summed E-state index contributed by atoms with van der Waals surface area (Å²) in [6.45, 7) is 5.65. The number of carbonyl (C=O) groups excluding carboxylic acids is 1. The minimum Gasteiger partial charge on any atom is -0.444 e. The van der Waals surface area contributed by atoms with E-state index in [1.165, 1.54) is 0 Å². The van der Waals surface area contributed by atoms with Gasteiger partial charge in [0, 0.05) is 35.4 Å². The second-order valence-electron chi connectivity index (χ2n) is 6.31. The highest BCUT2D eigenvalue weighted by atomic mass is 79.9. The van der Waals surface area contributed by atoms with Gasteiger partial charge in [0.05, 0.1) is 0 Å². The van der Waals surface area contributed by atoms with Crippen molar-refractivity contribution in [1.29, 1.82) is 0 Å². The van der Waals surface area contributed by atoms with Crippen LogP contribution in [0.1, 0.15) is 45.2 Å². The van der Waals surface area contributed by atoms with Crippen molar-refractivity contribution in [3.8, 4) is 0 Å². The molecule has 0 aromatic carbocycles. The monoisotopic (exact) mass is 340 g/mol. The topological polar surface area (TPSA) is 42.4 Å². The fourth-order valence-electron chi connectivity index (χ4n) is 2.26. The van der Waals surface area contributed by atoms with Gasteiger partial charge in [0.15, 0.2) is 0 Å². The first-order valence-electron chi connectivity index (χ1n) is 6.83. The fourth-order valence-corrected chi connectivity index (χ4v) is 2.49. The predicted octanol–water partition coefficient (Wildman–Crippen LogP) is 3.96. The first kappa shape index (κ1) is 15.3. The number of ether oxygens (including phenoxy) is 1. The van der Waals surface area contributed by atoms with Crippen LogP contribution in [0.3, 0.4) is 0 Å². The molecule has 0 aliphatic heterocycles. The molecule has 1 fully saturated rings. The molecule has 1 aliphatic rings. The van der Waals surface area contributed by atoms with Crippen molar-refractivity contribution in [2.75, 3.05) is 7.05 Å². The predicted molar refractivity (Wildman–Crippen MR) is 81.7 cm³/mol. The average molecular weight is 341 g/mol. The van der Waals surface area contributed by atoms with Crippen LogP contribution in [0.15, 0.2) is 22.8 Å². The van der Waals surface area contributed by atoms with Gasteiger partial charge < -0.3 is 9.64 Å². The van der Waals surface area contributed by atoms with Gasteiger partial charge in [-0.05, 0) is 61.7 Å². The van der Waals surface area contributed by atoms with Gasteiger partial charge in [0.2, 0.25) is 0 Å². The van der Waals surface area contributed by atoms with Gasteiger partial charge >= 0.3 is 6.09 Å². The van der Waals surface area contributed by atoms with Crippen LogP contribution < -0.4 is 0 Å². The molecule has 1 heterocycles. The van der Waals surface area contributed by atoms with Crippen LogP contribution in [-0.4, -0.2) is 34.7 Å². The second-order valence-corrected chi connectivity index (χ2v) is 7.23. The average Bonchev–Trinajstić information content (AvgIpc) is 2.27. The Morgan fingerprint density at radius 3 is 2.55 bits per heavy atom.